The van der Waals surface area contributed by atoms with Crippen LogP contribution in [0, 0.1) is 46.6 Å². The van der Waals surface area contributed by atoms with Crippen LogP contribution in [0.4, 0.5) is 14.5 Å². The van der Waals surface area contributed by atoms with Gasteiger partial charge in [-0.2, -0.15) is 5.26 Å². The minimum Gasteiger partial charge on any atom is -0.495 e. The Bertz CT molecular complexity index is 1570. The number of nitrogens with two attached hydrogens (primary N) is 1. The first kappa shape index (κ1) is 26.2. The van der Waals surface area contributed by atoms with Gasteiger partial charge in [0.15, 0.2) is 0 Å². The number of benzene rings is 2. The number of anilines is 1. The second kappa shape index (κ2) is 12.9. The summed E-state index contributed by atoms with van der Waals surface area (Å²) in [5.41, 5.74) is 8.15. The second-order valence-corrected chi connectivity index (χ2v) is 7.27. The number of pyridine rings is 2. The fourth-order valence-corrected chi connectivity index (χ4v) is 2.80. The number of methoxy groups -OCH3 is 2. The lowest BCUT2D eigenvalue weighted by molar-refractivity contribution is 0.412. The highest BCUT2D eigenvalue weighted by molar-refractivity contribution is 5.51. The molecule has 0 saturated carbocycles. The van der Waals surface area contributed by atoms with Crippen molar-refractivity contribution in [2.45, 2.75) is 0 Å². The Labute approximate surface area is 213 Å². The number of nitrogens with zero attached hydrogens (tertiary/aromatic N) is 3. The summed E-state index contributed by atoms with van der Waals surface area (Å²) in [6.07, 6.45) is 6.41. The summed E-state index contributed by atoms with van der Waals surface area (Å²) in [7, 11) is 3.11. The van der Waals surface area contributed by atoms with Gasteiger partial charge in [-0.3, -0.25) is 9.97 Å². The van der Waals surface area contributed by atoms with Gasteiger partial charge in [0, 0.05) is 34.6 Å². The number of nitriles is 1. The van der Waals surface area contributed by atoms with Crippen molar-refractivity contribution in [3.8, 4) is 41.2 Å². The third kappa shape index (κ3) is 7.82. The first-order chi connectivity index (χ1) is 17.9. The standard InChI is InChI=1S/C15H9FN2O.C14H11FN2O/c1-19-14-7-12(9-18-10-14)3-2-11-4-5-15(16)13(6-11)8-17;1-18-12-6-11(8-17-9-12)3-2-10-4-5-13(15)14(16)7-10/h4-7,9-10H,1H3;4-9H,16H2,1H3. The lowest BCUT2D eigenvalue weighted by Gasteiger charge is -1.98. The van der Waals surface area contributed by atoms with E-state index in [0.29, 0.717) is 28.2 Å². The molecule has 0 radical (unpaired) electrons. The van der Waals surface area contributed by atoms with Crippen LogP contribution in [0.5, 0.6) is 11.5 Å². The molecule has 0 aliphatic carbocycles. The van der Waals surface area contributed by atoms with Crippen molar-refractivity contribution in [3.05, 3.63) is 113 Å². The van der Waals surface area contributed by atoms with Crippen molar-refractivity contribution >= 4 is 5.69 Å². The molecule has 2 heterocycles. The van der Waals surface area contributed by atoms with Crippen LogP contribution in [0.3, 0.4) is 0 Å². The predicted octanol–water partition coefficient (Wildman–Crippen LogP) is 4.71. The van der Waals surface area contributed by atoms with Crippen molar-refractivity contribution in [2.75, 3.05) is 20.0 Å². The van der Waals surface area contributed by atoms with E-state index in [4.69, 9.17) is 20.5 Å². The summed E-state index contributed by atoms with van der Waals surface area (Å²) in [5.74, 6) is 11.8. The van der Waals surface area contributed by atoms with Gasteiger partial charge in [-0.1, -0.05) is 23.7 Å². The molecule has 0 aliphatic heterocycles. The van der Waals surface area contributed by atoms with Gasteiger partial charge >= 0.3 is 0 Å². The van der Waals surface area contributed by atoms with Gasteiger partial charge in [0.2, 0.25) is 0 Å². The third-order valence-corrected chi connectivity index (χ3v) is 4.68. The van der Waals surface area contributed by atoms with Crippen LogP contribution >= 0.6 is 0 Å². The molecule has 182 valence electrons. The van der Waals surface area contributed by atoms with E-state index in [2.05, 4.69) is 33.6 Å². The smallest absolute Gasteiger partial charge is 0.146 e. The van der Waals surface area contributed by atoms with E-state index in [1.54, 1.807) is 63.3 Å². The summed E-state index contributed by atoms with van der Waals surface area (Å²) in [6.45, 7) is 0. The molecule has 0 fully saturated rings. The van der Waals surface area contributed by atoms with E-state index in [1.807, 2.05) is 0 Å². The monoisotopic (exact) mass is 494 g/mol. The first-order valence-electron chi connectivity index (χ1n) is 10.7. The molecule has 2 N–H and O–H groups in total. The van der Waals surface area contributed by atoms with Crippen LogP contribution in [0.15, 0.2) is 73.3 Å². The van der Waals surface area contributed by atoms with Crippen LogP contribution < -0.4 is 15.2 Å². The minimum absolute atomic E-state index is 0.0180. The molecule has 2 aromatic heterocycles. The molecule has 8 heteroatoms. The molecule has 0 aliphatic rings. The lowest BCUT2D eigenvalue weighted by Crippen LogP contribution is -1.90. The van der Waals surface area contributed by atoms with E-state index in [-0.39, 0.29) is 11.3 Å². The van der Waals surface area contributed by atoms with Crippen LogP contribution in [-0.4, -0.2) is 24.2 Å². The van der Waals surface area contributed by atoms with Gasteiger partial charge < -0.3 is 15.2 Å². The van der Waals surface area contributed by atoms with E-state index in [0.717, 1.165) is 5.56 Å². The quantitative estimate of drug-likeness (QED) is 0.320. The predicted molar refractivity (Wildman–Crippen MR) is 135 cm³/mol. The van der Waals surface area contributed by atoms with Crippen molar-refractivity contribution in [1.82, 2.24) is 9.97 Å². The second-order valence-electron chi connectivity index (χ2n) is 7.27. The highest BCUT2D eigenvalue weighted by Gasteiger charge is 2.01. The van der Waals surface area contributed by atoms with Crippen LogP contribution in [0.25, 0.3) is 0 Å². The number of nitrogen functional groups attached to an aromatic ring is 1. The number of hydrogen-bond donors (Lipinski definition) is 1. The van der Waals surface area contributed by atoms with Gasteiger partial charge in [-0.05, 0) is 48.5 Å². The molecule has 37 heavy (non-hydrogen) atoms. The van der Waals surface area contributed by atoms with Gasteiger partial charge in [0.25, 0.3) is 0 Å². The van der Waals surface area contributed by atoms with Crippen molar-refractivity contribution in [2.24, 2.45) is 0 Å². The average Bonchev–Trinajstić information content (AvgIpc) is 2.93. The van der Waals surface area contributed by atoms with E-state index >= 15 is 0 Å². The van der Waals surface area contributed by atoms with E-state index < -0.39 is 11.6 Å². The Kier molecular flexibility index (Phi) is 9.14. The average molecular weight is 495 g/mol. The maximum atomic E-state index is 13.1. The Morgan fingerprint density at radius 1 is 0.676 bits per heavy atom. The minimum atomic E-state index is -0.545. The molecule has 6 nitrogen and oxygen atoms in total. The van der Waals surface area contributed by atoms with E-state index in [9.17, 15) is 8.78 Å². The fourth-order valence-electron chi connectivity index (χ4n) is 2.80. The molecule has 4 rings (SSSR count). The van der Waals surface area contributed by atoms with Crippen LogP contribution in [-0.2, 0) is 0 Å². The maximum absolute atomic E-state index is 13.1. The topological polar surface area (TPSA) is 94.0 Å². The summed E-state index contributed by atoms with van der Waals surface area (Å²) >= 11 is 0. The summed E-state index contributed by atoms with van der Waals surface area (Å²) < 4.78 is 36.2. The molecule has 0 bridgehead atoms. The number of rotatable bonds is 2. The van der Waals surface area contributed by atoms with Crippen molar-refractivity contribution in [3.63, 3.8) is 0 Å². The highest BCUT2D eigenvalue weighted by atomic mass is 19.1. The molecule has 0 saturated heterocycles. The SMILES string of the molecule is COc1cncc(C#Cc2ccc(F)c(C#N)c2)c1.COc1cncc(C#Cc2ccc(F)c(N)c2)c1. The fraction of sp³-hybridized carbons (Fsp3) is 0.0690. The summed E-state index contributed by atoms with van der Waals surface area (Å²) in [4.78, 5) is 7.96. The van der Waals surface area contributed by atoms with Gasteiger partial charge in [0.05, 0.1) is 37.9 Å². The van der Waals surface area contributed by atoms with Crippen LogP contribution in [0.1, 0.15) is 27.8 Å². The Morgan fingerprint density at radius 3 is 1.65 bits per heavy atom. The normalized spacial score (nSPS) is 9.27. The van der Waals surface area contributed by atoms with Crippen LogP contribution in [0.2, 0.25) is 0 Å². The largest absolute Gasteiger partial charge is 0.495 e. The summed E-state index contributed by atoms with van der Waals surface area (Å²) in [6, 6.07) is 13.8. The number of hydrogen-bond acceptors (Lipinski definition) is 6. The molecule has 0 unspecified atom stereocenters. The molecule has 4 aromatic rings. The molecule has 2 aromatic carbocycles. The third-order valence-electron chi connectivity index (χ3n) is 4.68. The summed E-state index contributed by atoms with van der Waals surface area (Å²) in [5, 5.41) is 8.73. The Balaban J connectivity index is 0.000000206. The van der Waals surface area contributed by atoms with Gasteiger partial charge in [-0.25, -0.2) is 8.78 Å². The van der Waals surface area contributed by atoms with Crippen molar-refractivity contribution < 1.29 is 18.3 Å². The molecule has 0 spiro atoms. The highest BCUT2D eigenvalue weighted by Crippen LogP contribution is 2.13. The van der Waals surface area contributed by atoms with E-state index in [1.165, 1.54) is 30.3 Å². The molecule has 0 amide bonds. The number of ether oxygens (including phenoxy) is 2. The lowest BCUT2D eigenvalue weighted by atomic mass is 10.1. The zero-order valence-electron chi connectivity index (χ0n) is 19.9. The Morgan fingerprint density at radius 2 is 1.16 bits per heavy atom. The maximum Gasteiger partial charge on any atom is 0.146 e. The molecular formula is C29H20F2N4O2. The number of halogens is 2. The number of aromatic nitrogens is 2. The van der Waals surface area contributed by atoms with Crippen molar-refractivity contribution in [1.29, 1.82) is 5.26 Å². The Hall–Kier alpha value is -5.39. The molecular weight excluding hydrogens is 474 g/mol. The first-order valence-corrected chi connectivity index (χ1v) is 10.7. The zero-order chi connectivity index (χ0) is 26.6. The van der Waals surface area contributed by atoms with Gasteiger partial charge in [0.1, 0.15) is 29.2 Å². The zero-order valence-corrected chi connectivity index (χ0v) is 19.9. The molecule has 0 atom stereocenters. The van der Waals surface area contributed by atoms with Gasteiger partial charge in [-0.15, -0.1) is 0 Å².